The molecular weight excluding hydrogens is 380 g/mol. The van der Waals surface area contributed by atoms with E-state index in [2.05, 4.69) is 17.1 Å². The van der Waals surface area contributed by atoms with Crippen LogP contribution in [0, 0.1) is 13.8 Å². The number of nitrogen functional groups attached to an aromatic ring is 1. The number of rotatable bonds is 4. The summed E-state index contributed by atoms with van der Waals surface area (Å²) < 4.78 is 28.0. The third-order valence-electron chi connectivity index (χ3n) is 5.84. The molecule has 0 amide bonds. The van der Waals surface area contributed by atoms with Crippen LogP contribution in [0.15, 0.2) is 54.7 Å². The first-order valence-corrected chi connectivity index (χ1v) is 10.2. The van der Waals surface area contributed by atoms with Gasteiger partial charge in [-0.3, -0.25) is 9.88 Å². The number of halogens is 2. The molecule has 2 N–H and O–H groups in total. The average molecular weight is 408 g/mol. The number of fused-ring (bicyclic) bond motifs is 1. The van der Waals surface area contributed by atoms with Crippen molar-refractivity contribution in [2.24, 2.45) is 0 Å². The minimum atomic E-state index is -2.78. The summed E-state index contributed by atoms with van der Waals surface area (Å²) in [6.07, 6.45) is 2.46. The summed E-state index contributed by atoms with van der Waals surface area (Å²) in [5, 5.41) is 0. The first-order valence-electron chi connectivity index (χ1n) is 10.2. The van der Waals surface area contributed by atoms with Crippen LogP contribution in [0.5, 0.6) is 0 Å². The van der Waals surface area contributed by atoms with Crippen molar-refractivity contribution in [3.63, 3.8) is 0 Å². The molecule has 1 unspecified atom stereocenters. The van der Waals surface area contributed by atoms with Crippen LogP contribution in [0.2, 0.25) is 0 Å². The minimum absolute atomic E-state index is 0.169. The number of aryl methyl sites for hydroxylation is 2. The van der Waals surface area contributed by atoms with E-state index in [9.17, 15) is 8.78 Å². The number of aromatic nitrogens is 1. The quantitative estimate of drug-likeness (QED) is 0.564. The molecule has 0 spiro atoms. The molecule has 0 radical (unpaired) electrons. The molecule has 156 valence electrons. The fourth-order valence-electron chi connectivity index (χ4n) is 4.30. The maximum absolute atomic E-state index is 14.0. The highest BCUT2D eigenvalue weighted by Crippen LogP contribution is 2.38. The molecular formula is C25H27F2N3. The Balaban J connectivity index is 1.77. The van der Waals surface area contributed by atoms with Crippen molar-refractivity contribution in [2.45, 2.75) is 45.7 Å². The summed E-state index contributed by atoms with van der Waals surface area (Å²) >= 11 is 0. The van der Waals surface area contributed by atoms with E-state index in [0.29, 0.717) is 13.0 Å². The zero-order chi connectivity index (χ0) is 21.5. The van der Waals surface area contributed by atoms with Crippen molar-refractivity contribution in [1.29, 1.82) is 0 Å². The Labute approximate surface area is 176 Å². The molecule has 2 heterocycles. The normalized spacial score (nSPS) is 17.0. The van der Waals surface area contributed by atoms with Crippen molar-refractivity contribution in [3.05, 3.63) is 82.5 Å². The molecule has 1 aliphatic heterocycles. The summed E-state index contributed by atoms with van der Waals surface area (Å²) in [6.45, 7) is 5.20. The van der Waals surface area contributed by atoms with Crippen molar-refractivity contribution >= 4 is 5.69 Å². The molecule has 0 fully saturated rings. The fourth-order valence-corrected chi connectivity index (χ4v) is 4.30. The number of hydrogen-bond donors (Lipinski definition) is 1. The van der Waals surface area contributed by atoms with E-state index in [-0.39, 0.29) is 12.6 Å². The average Bonchev–Trinajstić information content (AvgIpc) is 2.68. The van der Waals surface area contributed by atoms with Gasteiger partial charge >= 0.3 is 0 Å². The van der Waals surface area contributed by atoms with Gasteiger partial charge in [0, 0.05) is 37.0 Å². The third kappa shape index (κ3) is 4.21. The van der Waals surface area contributed by atoms with E-state index in [1.165, 1.54) is 0 Å². The van der Waals surface area contributed by atoms with Crippen LogP contribution in [0.25, 0.3) is 11.3 Å². The predicted molar refractivity (Wildman–Crippen MR) is 117 cm³/mol. The number of anilines is 1. The number of benzene rings is 2. The second-order valence-electron chi connectivity index (χ2n) is 8.48. The van der Waals surface area contributed by atoms with Gasteiger partial charge in [0.25, 0.3) is 5.92 Å². The SMILES string of the molecule is Cc1ccc(-c2cc(C3Cc4c(N)cccc4CN3CC(C)(F)F)ccc2C)nc1. The van der Waals surface area contributed by atoms with Crippen LogP contribution in [-0.2, 0) is 13.0 Å². The van der Waals surface area contributed by atoms with Gasteiger partial charge in [-0.25, -0.2) is 8.78 Å². The minimum Gasteiger partial charge on any atom is -0.398 e. The molecule has 0 bridgehead atoms. The Morgan fingerprint density at radius 3 is 2.63 bits per heavy atom. The van der Waals surface area contributed by atoms with Crippen LogP contribution in [0.3, 0.4) is 0 Å². The maximum atomic E-state index is 14.0. The zero-order valence-corrected chi connectivity index (χ0v) is 17.6. The third-order valence-corrected chi connectivity index (χ3v) is 5.84. The smallest absolute Gasteiger partial charge is 0.257 e. The van der Waals surface area contributed by atoms with Crippen molar-refractivity contribution < 1.29 is 8.78 Å². The molecule has 1 atom stereocenters. The summed E-state index contributed by atoms with van der Waals surface area (Å²) in [6, 6.07) is 15.8. The van der Waals surface area contributed by atoms with E-state index in [4.69, 9.17) is 5.73 Å². The Kier molecular flexibility index (Phi) is 5.33. The van der Waals surface area contributed by atoms with E-state index in [1.807, 2.05) is 61.3 Å². The highest BCUT2D eigenvalue weighted by atomic mass is 19.3. The number of nitrogens with zero attached hydrogens (tertiary/aromatic N) is 2. The van der Waals surface area contributed by atoms with E-state index >= 15 is 0 Å². The summed E-state index contributed by atoms with van der Waals surface area (Å²) in [7, 11) is 0. The molecule has 5 heteroatoms. The summed E-state index contributed by atoms with van der Waals surface area (Å²) in [4.78, 5) is 6.44. The van der Waals surface area contributed by atoms with E-state index < -0.39 is 5.92 Å². The van der Waals surface area contributed by atoms with Crippen LogP contribution in [-0.4, -0.2) is 22.4 Å². The van der Waals surface area contributed by atoms with E-state index in [0.717, 1.165) is 51.7 Å². The molecule has 0 aliphatic carbocycles. The number of alkyl halides is 2. The Morgan fingerprint density at radius 1 is 1.13 bits per heavy atom. The zero-order valence-electron chi connectivity index (χ0n) is 17.6. The van der Waals surface area contributed by atoms with Gasteiger partial charge < -0.3 is 5.73 Å². The number of nitrogens with two attached hydrogens (primary N) is 1. The standard InChI is InChI=1S/C25H27F2N3/c1-16-7-10-23(29-13-16)20-11-18(9-8-17(20)2)24-12-21-19(5-4-6-22(21)28)14-30(24)15-25(3,26)27/h4-11,13,24H,12,14-15,28H2,1-3H3. The van der Waals surface area contributed by atoms with Gasteiger partial charge in [0.1, 0.15) is 0 Å². The van der Waals surface area contributed by atoms with Gasteiger partial charge in [0.15, 0.2) is 0 Å². The molecule has 2 aromatic carbocycles. The molecule has 0 saturated carbocycles. The van der Waals surface area contributed by atoms with Gasteiger partial charge in [-0.05, 0) is 66.3 Å². The fraction of sp³-hybridized carbons (Fsp3) is 0.320. The lowest BCUT2D eigenvalue weighted by atomic mass is 9.87. The summed E-state index contributed by atoms with van der Waals surface area (Å²) in [5.74, 6) is -2.78. The van der Waals surface area contributed by atoms with Crippen LogP contribution in [0.4, 0.5) is 14.5 Å². The lowest BCUT2D eigenvalue weighted by Gasteiger charge is -2.39. The van der Waals surface area contributed by atoms with Crippen molar-refractivity contribution in [1.82, 2.24) is 9.88 Å². The number of hydrogen-bond acceptors (Lipinski definition) is 3. The molecule has 3 aromatic rings. The van der Waals surface area contributed by atoms with Crippen molar-refractivity contribution in [2.75, 3.05) is 12.3 Å². The molecule has 30 heavy (non-hydrogen) atoms. The Morgan fingerprint density at radius 2 is 1.93 bits per heavy atom. The second-order valence-corrected chi connectivity index (χ2v) is 8.48. The lowest BCUT2D eigenvalue weighted by molar-refractivity contribution is -0.0317. The van der Waals surface area contributed by atoms with Crippen molar-refractivity contribution in [3.8, 4) is 11.3 Å². The number of pyridine rings is 1. The highest BCUT2D eigenvalue weighted by Gasteiger charge is 2.34. The van der Waals surface area contributed by atoms with Gasteiger partial charge in [-0.15, -0.1) is 0 Å². The molecule has 4 rings (SSSR count). The Hall–Kier alpha value is -2.79. The van der Waals surface area contributed by atoms with Gasteiger partial charge in [0.05, 0.1) is 12.2 Å². The maximum Gasteiger partial charge on any atom is 0.257 e. The van der Waals surface area contributed by atoms with Gasteiger partial charge in [0.2, 0.25) is 0 Å². The summed E-state index contributed by atoms with van der Waals surface area (Å²) in [5.41, 5.74) is 14.2. The van der Waals surface area contributed by atoms with E-state index in [1.54, 1.807) is 0 Å². The van der Waals surface area contributed by atoms with Crippen LogP contribution >= 0.6 is 0 Å². The molecule has 3 nitrogen and oxygen atoms in total. The molecule has 1 aliphatic rings. The highest BCUT2D eigenvalue weighted by molar-refractivity contribution is 5.65. The van der Waals surface area contributed by atoms with Gasteiger partial charge in [-0.2, -0.15) is 0 Å². The monoisotopic (exact) mass is 407 g/mol. The van der Waals surface area contributed by atoms with Gasteiger partial charge in [-0.1, -0.05) is 30.3 Å². The first-order chi connectivity index (χ1) is 14.2. The topological polar surface area (TPSA) is 42.1 Å². The largest absolute Gasteiger partial charge is 0.398 e. The van der Waals surface area contributed by atoms with Crippen LogP contribution in [0.1, 0.15) is 40.8 Å². The molecule has 0 saturated heterocycles. The first kappa shape index (κ1) is 20.5. The van der Waals surface area contributed by atoms with Crippen LogP contribution < -0.4 is 5.73 Å². The predicted octanol–water partition coefficient (Wildman–Crippen LogP) is 5.70. The molecule has 1 aromatic heterocycles. The lowest BCUT2D eigenvalue weighted by Crippen LogP contribution is -2.41. The Bertz CT molecular complexity index is 1050. The second kappa shape index (κ2) is 7.80.